The maximum absolute atomic E-state index is 12.0. The molecular weight excluding hydrogens is 280 g/mol. The van der Waals surface area contributed by atoms with E-state index in [1.165, 1.54) is 0 Å². The zero-order valence-electron chi connectivity index (χ0n) is 12.7. The molecule has 1 aromatic heterocycles. The van der Waals surface area contributed by atoms with E-state index in [0.29, 0.717) is 13.0 Å². The first-order valence-corrected chi connectivity index (χ1v) is 7.46. The van der Waals surface area contributed by atoms with E-state index in [0.717, 1.165) is 22.9 Å². The van der Waals surface area contributed by atoms with Crippen molar-refractivity contribution in [2.24, 2.45) is 5.73 Å². The number of carbonyl (C=O) groups excluding carboxylic acids is 2. The van der Waals surface area contributed by atoms with Crippen molar-refractivity contribution in [2.45, 2.75) is 25.8 Å². The van der Waals surface area contributed by atoms with Crippen molar-refractivity contribution in [1.29, 1.82) is 0 Å². The highest BCUT2D eigenvalue weighted by molar-refractivity contribution is 5.88. The number of H-pyrrole nitrogens is 1. The minimum Gasteiger partial charge on any atom is -0.361 e. The Morgan fingerprint density at radius 3 is 2.82 bits per heavy atom. The number of benzene rings is 1. The molecule has 0 saturated carbocycles. The first-order chi connectivity index (χ1) is 10.6. The van der Waals surface area contributed by atoms with E-state index in [-0.39, 0.29) is 18.4 Å². The largest absolute Gasteiger partial charge is 0.361 e. The first-order valence-electron chi connectivity index (χ1n) is 7.46. The van der Waals surface area contributed by atoms with E-state index in [9.17, 15) is 9.59 Å². The van der Waals surface area contributed by atoms with Crippen LogP contribution < -0.4 is 16.4 Å². The molecule has 2 aromatic rings. The van der Waals surface area contributed by atoms with Gasteiger partial charge in [0.2, 0.25) is 11.8 Å². The Morgan fingerprint density at radius 1 is 1.27 bits per heavy atom. The molecule has 6 nitrogen and oxygen atoms in total. The average Bonchev–Trinajstić information content (AvgIpc) is 2.93. The Balaban J connectivity index is 1.87. The van der Waals surface area contributed by atoms with E-state index in [1.54, 1.807) is 0 Å². The maximum atomic E-state index is 12.0. The molecule has 0 radical (unpaired) electrons. The number of rotatable bonds is 7. The summed E-state index contributed by atoms with van der Waals surface area (Å²) in [4.78, 5) is 26.6. The second-order valence-corrected chi connectivity index (χ2v) is 5.24. The van der Waals surface area contributed by atoms with Gasteiger partial charge in [-0.05, 0) is 24.5 Å². The lowest BCUT2D eigenvalue weighted by molar-refractivity contribution is -0.126. The van der Waals surface area contributed by atoms with Gasteiger partial charge in [0.15, 0.2) is 0 Å². The highest BCUT2D eigenvalue weighted by Gasteiger charge is 2.16. The summed E-state index contributed by atoms with van der Waals surface area (Å²) >= 11 is 0. The van der Waals surface area contributed by atoms with Crippen molar-refractivity contribution < 1.29 is 9.59 Å². The number of aromatic amines is 1. The molecule has 22 heavy (non-hydrogen) atoms. The summed E-state index contributed by atoms with van der Waals surface area (Å²) in [6.45, 7) is 2.53. The zero-order valence-corrected chi connectivity index (χ0v) is 12.7. The molecule has 6 heteroatoms. The second-order valence-electron chi connectivity index (χ2n) is 5.24. The SMILES string of the molecule is CCCNC(=O)CNC(=O)[C@@H](N)Cc1c[nH]c2ccccc12. The predicted octanol–water partition coefficient (Wildman–Crippen LogP) is 0.680. The molecule has 0 unspecified atom stereocenters. The number of hydrogen-bond acceptors (Lipinski definition) is 3. The fourth-order valence-corrected chi connectivity index (χ4v) is 2.26. The quantitative estimate of drug-likeness (QED) is 0.605. The standard InChI is InChI=1S/C16H22N4O2/c1-2-7-18-15(21)10-20-16(22)13(17)8-11-9-19-14-6-4-3-5-12(11)14/h3-6,9,13,19H,2,7-8,10,17H2,1H3,(H,18,21)(H,20,22)/t13-/m0/s1. The minimum atomic E-state index is -0.682. The van der Waals surface area contributed by atoms with Gasteiger partial charge >= 0.3 is 0 Å². The Hall–Kier alpha value is -2.34. The smallest absolute Gasteiger partial charge is 0.239 e. The van der Waals surface area contributed by atoms with Gasteiger partial charge in [0, 0.05) is 23.6 Å². The number of nitrogens with two attached hydrogens (primary N) is 1. The number of carbonyl (C=O) groups is 2. The lowest BCUT2D eigenvalue weighted by atomic mass is 10.1. The summed E-state index contributed by atoms with van der Waals surface area (Å²) in [5.74, 6) is -0.522. The summed E-state index contributed by atoms with van der Waals surface area (Å²) in [7, 11) is 0. The predicted molar refractivity (Wildman–Crippen MR) is 86.3 cm³/mol. The molecule has 2 rings (SSSR count). The van der Waals surface area contributed by atoms with Gasteiger partial charge in [0.1, 0.15) is 0 Å². The molecule has 118 valence electrons. The summed E-state index contributed by atoms with van der Waals surface area (Å²) in [6.07, 6.45) is 3.15. The summed E-state index contributed by atoms with van der Waals surface area (Å²) in [5.41, 5.74) is 7.94. The normalized spacial score (nSPS) is 12.1. The molecule has 0 fully saturated rings. The van der Waals surface area contributed by atoms with Gasteiger partial charge in [-0.25, -0.2) is 0 Å². The topological polar surface area (TPSA) is 100 Å². The van der Waals surface area contributed by atoms with Crippen LogP contribution in [0.1, 0.15) is 18.9 Å². The van der Waals surface area contributed by atoms with Crippen LogP contribution in [0.5, 0.6) is 0 Å². The van der Waals surface area contributed by atoms with E-state index >= 15 is 0 Å². The van der Waals surface area contributed by atoms with Gasteiger partial charge in [0.05, 0.1) is 12.6 Å². The van der Waals surface area contributed by atoms with Crippen molar-refractivity contribution in [3.05, 3.63) is 36.0 Å². The third-order valence-corrected chi connectivity index (χ3v) is 3.45. The van der Waals surface area contributed by atoms with E-state index in [2.05, 4.69) is 15.6 Å². The Labute approximate surface area is 129 Å². The molecule has 0 aliphatic rings. The van der Waals surface area contributed by atoms with Crippen molar-refractivity contribution in [2.75, 3.05) is 13.1 Å². The molecule has 0 aliphatic heterocycles. The molecular formula is C16H22N4O2. The van der Waals surface area contributed by atoms with Crippen LogP contribution in [-0.4, -0.2) is 35.9 Å². The van der Waals surface area contributed by atoms with Crippen molar-refractivity contribution in [3.8, 4) is 0 Å². The molecule has 1 atom stereocenters. The van der Waals surface area contributed by atoms with Crippen LogP contribution in [0.25, 0.3) is 10.9 Å². The number of para-hydroxylation sites is 1. The molecule has 0 bridgehead atoms. The van der Waals surface area contributed by atoms with Gasteiger partial charge in [-0.15, -0.1) is 0 Å². The number of fused-ring (bicyclic) bond motifs is 1. The van der Waals surface area contributed by atoms with Gasteiger partial charge in [0.25, 0.3) is 0 Å². The zero-order chi connectivity index (χ0) is 15.9. The number of amides is 2. The maximum Gasteiger partial charge on any atom is 0.239 e. The van der Waals surface area contributed by atoms with Crippen molar-refractivity contribution in [3.63, 3.8) is 0 Å². The van der Waals surface area contributed by atoms with Crippen LogP contribution in [0.2, 0.25) is 0 Å². The average molecular weight is 302 g/mol. The van der Waals surface area contributed by atoms with Crippen molar-refractivity contribution >= 4 is 22.7 Å². The third kappa shape index (κ3) is 4.08. The van der Waals surface area contributed by atoms with Gasteiger partial charge < -0.3 is 21.4 Å². The van der Waals surface area contributed by atoms with Crippen LogP contribution in [-0.2, 0) is 16.0 Å². The van der Waals surface area contributed by atoms with E-state index < -0.39 is 6.04 Å². The third-order valence-electron chi connectivity index (χ3n) is 3.45. The van der Waals surface area contributed by atoms with Crippen LogP contribution in [0.4, 0.5) is 0 Å². The molecule has 5 N–H and O–H groups in total. The Kier molecular flexibility index (Phi) is 5.55. The van der Waals surface area contributed by atoms with Crippen LogP contribution >= 0.6 is 0 Å². The lowest BCUT2D eigenvalue weighted by Gasteiger charge is -2.12. The number of aromatic nitrogens is 1. The number of nitrogens with one attached hydrogen (secondary N) is 3. The molecule has 0 spiro atoms. The van der Waals surface area contributed by atoms with E-state index in [1.807, 2.05) is 37.4 Å². The van der Waals surface area contributed by atoms with Crippen LogP contribution in [0.15, 0.2) is 30.5 Å². The van der Waals surface area contributed by atoms with Gasteiger partial charge in [-0.2, -0.15) is 0 Å². The Morgan fingerprint density at radius 2 is 2.05 bits per heavy atom. The van der Waals surface area contributed by atoms with E-state index in [4.69, 9.17) is 5.73 Å². The minimum absolute atomic E-state index is 0.0413. The molecule has 1 aromatic carbocycles. The first kappa shape index (κ1) is 16.0. The van der Waals surface area contributed by atoms with Crippen molar-refractivity contribution in [1.82, 2.24) is 15.6 Å². The molecule has 1 heterocycles. The highest BCUT2D eigenvalue weighted by atomic mass is 16.2. The molecule has 0 saturated heterocycles. The lowest BCUT2D eigenvalue weighted by Crippen LogP contribution is -2.45. The fraction of sp³-hybridized carbons (Fsp3) is 0.375. The van der Waals surface area contributed by atoms with Crippen LogP contribution in [0.3, 0.4) is 0 Å². The Bertz CT molecular complexity index is 650. The summed E-state index contributed by atoms with van der Waals surface area (Å²) in [6, 6.07) is 7.18. The fourth-order valence-electron chi connectivity index (χ4n) is 2.26. The van der Waals surface area contributed by atoms with Crippen LogP contribution in [0, 0.1) is 0 Å². The summed E-state index contributed by atoms with van der Waals surface area (Å²) in [5, 5.41) is 6.32. The monoisotopic (exact) mass is 302 g/mol. The van der Waals surface area contributed by atoms with Gasteiger partial charge in [-0.1, -0.05) is 25.1 Å². The van der Waals surface area contributed by atoms with Gasteiger partial charge in [-0.3, -0.25) is 9.59 Å². The molecule has 0 aliphatic carbocycles. The highest BCUT2D eigenvalue weighted by Crippen LogP contribution is 2.18. The second kappa shape index (κ2) is 7.61. The number of hydrogen-bond donors (Lipinski definition) is 4. The molecule has 2 amide bonds. The summed E-state index contributed by atoms with van der Waals surface area (Å²) < 4.78 is 0.